The van der Waals surface area contributed by atoms with E-state index >= 15 is 0 Å². The quantitative estimate of drug-likeness (QED) is 0.609. The highest BCUT2D eigenvalue weighted by atomic mass is 19.3. The minimum absolute atomic E-state index is 0.00709. The zero-order valence-corrected chi connectivity index (χ0v) is 16.2. The molecule has 156 valence electrons. The molecule has 0 spiro atoms. The third kappa shape index (κ3) is 6.71. The second-order valence-electron chi connectivity index (χ2n) is 6.99. The highest BCUT2D eigenvalue weighted by molar-refractivity contribution is 5.76. The summed E-state index contributed by atoms with van der Waals surface area (Å²) in [6.07, 6.45) is 1.82. The first-order chi connectivity index (χ1) is 14.1. The number of hydrogen-bond donors (Lipinski definition) is 1. The van der Waals surface area contributed by atoms with Crippen molar-refractivity contribution < 1.29 is 23.0 Å². The van der Waals surface area contributed by atoms with E-state index < -0.39 is 6.61 Å². The van der Waals surface area contributed by atoms with Gasteiger partial charge in [-0.05, 0) is 30.5 Å². The topological polar surface area (TPSA) is 50.8 Å². The number of para-hydroxylation sites is 2. The lowest BCUT2D eigenvalue weighted by atomic mass is 10.2. The van der Waals surface area contributed by atoms with Crippen LogP contribution in [0.25, 0.3) is 0 Å². The molecule has 1 amide bonds. The molecule has 0 bridgehead atoms. The van der Waals surface area contributed by atoms with Crippen molar-refractivity contribution in [3.8, 4) is 5.75 Å². The molecule has 2 aromatic carbocycles. The Hall–Kier alpha value is -2.67. The van der Waals surface area contributed by atoms with E-state index in [1.54, 1.807) is 18.2 Å². The van der Waals surface area contributed by atoms with Crippen molar-refractivity contribution in [3.05, 3.63) is 60.2 Å². The standard InChI is InChI=1S/C22H26F2N2O3/c23-22(24)29-20-10-5-4-9-19(20)26-13-12-18(15-26)25-21(27)11-6-14-28-16-17-7-2-1-3-8-17/h1-5,7-10,18,22H,6,11-16H2,(H,25,27). The fraction of sp³-hybridized carbons (Fsp3) is 0.409. The Morgan fingerprint density at radius 3 is 2.69 bits per heavy atom. The predicted molar refractivity (Wildman–Crippen MR) is 107 cm³/mol. The van der Waals surface area contributed by atoms with E-state index in [-0.39, 0.29) is 17.7 Å². The predicted octanol–water partition coefficient (Wildman–Crippen LogP) is 3.98. The van der Waals surface area contributed by atoms with E-state index in [0.29, 0.717) is 44.8 Å². The molecule has 2 aromatic rings. The van der Waals surface area contributed by atoms with Gasteiger partial charge in [0.15, 0.2) is 0 Å². The van der Waals surface area contributed by atoms with Gasteiger partial charge in [-0.1, -0.05) is 42.5 Å². The van der Waals surface area contributed by atoms with Crippen molar-refractivity contribution in [1.82, 2.24) is 5.32 Å². The van der Waals surface area contributed by atoms with E-state index in [0.717, 1.165) is 12.0 Å². The number of carbonyl (C=O) groups excluding carboxylic acids is 1. The molecule has 0 saturated carbocycles. The lowest BCUT2D eigenvalue weighted by Gasteiger charge is -2.22. The molecule has 1 atom stereocenters. The highest BCUT2D eigenvalue weighted by Gasteiger charge is 2.26. The maximum Gasteiger partial charge on any atom is 0.387 e. The van der Waals surface area contributed by atoms with Crippen LogP contribution in [0.15, 0.2) is 54.6 Å². The number of benzene rings is 2. The normalized spacial score (nSPS) is 16.2. The van der Waals surface area contributed by atoms with Crippen LogP contribution >= 0.6 is 0 Å². The number of halogens is 2. The third-order valence-corrected chi connectivity index (χ3v) is 4.78. The summed E-state index contributed by atoms with van der Waals surface area (Å²) in [5.74, 6) is 0.141. The Labute approximate surface area is 169 Å². The monoisotopic (exact) mass is 404 g/mol. The van der Waals surface area contributed by atoms with Crippen LogP contribution < -0.4 is 15.0 Å². The number of nitrogens with zero attached hydrogens (tertiary/aromatic N) is 1. The molecular weight excluding hydrogens is 378 g/mol. The Balaban J connectivity index is 1.37. The van der Waals surface area contributed by atoms with Gasteiger partial charge in [0, 0.05) is 32.2 Å². The van der Waals surface area contributed by atoms with Crippen molar-refractivity contribution in [2.75, 3.05) is 24.6 Å². The molecule has 1 N–H and O–H groups in total. The van der Waals surface area contributed by atoms with Crippen molar-refractivity contribution in [1.29, 1.82) is 0 Å². The van der Waals surface area contributed by atoms with Crippen molar-refractivity contribution in [2.45, 2.75) is 38.5 Å². The van der Waals surface area contributed by atoms with E-state index in [4.69, 9.17) is 4.74 Å². The minimum atomic E-state index is -2.86. The van der Waals surface area contributed by atoms with Crippen molar-refractivity contribution in [2.24, 2.45) is 0 Å². The molecule has 1 unspecified atom stereocenters. The van der Waals surface area contributed by atoms with Crippen LogP contribution in [0, 0.1) is 0 Å². The number of alkyl halides is 2. The number of carbonyl (C=O) groups is 1. The molecule has 1 fully saturated rings. The second kappa shape index (κ2) is 10.8. The third-order valence-electron chi connectivity index (χ3n) is 4.78. The maximum atomic E-state index is 12.6. The van der Waals surface area contributed by atoms with Crippen LogP contribution in [0.3, 0.4) is 0 Å². The van der Waals surface area contributed by atoms with Crippen LogP contribution in [0.1, 0.15) is 24.8 Å². The Morgan fingerprint density at radius 1 is 1.14 bits per heavy atom. The number of rotatable bonds is 10. The first-order valence-corrected chi connectivity index (χ1v) is 9.81. The second-order valence-corrected chi connectivity index (χ2v) is 6.99. The van der Waals surface area contributed by atoms with E-state index in [9.17, 15) is 13.6 Å². The first-order valence-electron chi connectivity index (χ1n) is 9.81. The fourth-order valence-electron chi connectivity index (χ4n) is 3.41. The molecule has 1 heterocycles. The SMILES string of the molecule is O=C(CCCOCc1ccccc1)NC1CCN(c2ccccc2OC(F)F)C1. The highest BCUT2D eigenvalue weighted by Crippen LogP contribution is 2.31. The van der Waals surface area contributed by atoms with Gasteiger partial charge in [0.25, 0.3) is 0 Å². The lowest BCUT2D eigenvalue weighted by Crippen LogP contribution is -2.37. The minimum Gasteiger partial charge on any atom is -0.433 e. The molecule has 5 nitrogen and oxygen atoms in total. The van der Waals surface area contributed by atoms with Gasteiger partial charge >= 0.3 is 6.61 Å². The molecule has 3 rings (SSSR count). The van der Waals surface area contributed by atoms with Crippen LogP contribution in [0.5, 0.6) is 5.75 Å². The van der Waals surface area contributed by atoms with Gasteiger partial charge in [0.05, 0.1) is 12.3 Å². The Morgan fingerprint density at radius 2 is 1.90 bits per heavy atom. The maximum absolute atomic E-state index is 12.6. The average Bonchev–Trinajstić information content (AvgIpc) is 3.16. The molecule has 29 heavy (non-hydrogen) atoms. The summed E-state index contributed by atoms with van der Waals surface area (Å²) < 4.78 is 35.4. The van der Waals surface area contributed by atoms with Gasteiger partial charge in [0.2, 0.25) is 5.91 Å². The summed E-state index contributed by atoms with van der Waals surface area (Å²) in [6.45, 7) is -0.551. The summed E-state index contributed by atoms with van der Waals surface area (Å²) in [5, 5.41) is 3.02. The molecule has 7 heteroatoms. The summed E-state index contributed by atoms with van der Waals surface area (Å²) >= 11 is 0. The molecule has 0 radical (unpaired) electrons. The Bertz CT molecular complexity index is 774. The van der Waals surface area contributed by atoms with Gasteiger partial charge < -0.3 is 19.7 Å². The number of amides is 1. The van der Waals surface area contributed by atoms with Gasteiger partial charge in [-0.2, -0.15) is 8.78 Å². The summed E-state index contributed by atoms with van der Waals surface area (Å²) in [4.78, 5) is 14.1. The fourth-order valence-corrected chi connectivity index (χ4v) is 3.41. The van der Waals surface area contributed by atoms with Crippen molar-refractivity contribution in [3.63, 3.8) is 0 Å². The number of nitrogens with one attached hydrogen (secondary N) is 1. The summed E-state index contributed by atoms with van der Waals surface area (Å²) in [5.41, 5.74) is 1.73. The molecule has 1 saturated heterocycles. The summed E-state index contributed by atoms with van der Waals surface area (Å²) in [7, 11) is 0. The molecule has 0 aliphatic carbocycles. The van der Waals surface area contributed by atoms with Crippen LogP contribution in [0.4, 0.5) is 14.5 Å². The van der Waals surface area contributed by atoms with E-state index in [2.05, 4.69) is 10.1 Å². The largest absolute Gasteiger partial charge is 0.433 e. The molecular formula is C22H26F2N2O3. The van der Waals surface area contributed by atoms with Crippen LogP contribution in [-0.2, 0) is 16.1 Å². The van der Waals surface area contributed by atoms with Gasteiger partial charge in [-0.3, -0.25) is 4.79 Å². The number of hydrogen-bond acceptors (Lipinski definition) is 4. The number of ether oxygens (including phenoxy) is 2. The molecule has 0 aromatic heterocycles. The molecule has 1 aliphatic heterocycles. The molecule has 1 aliphatic rings. The first kappa shape index (κ1) is 21.0. The van der Waals surface area contributed by atoms with Crippen LogP contribution in [0.2, 0.25) is 0 Å². The average molecular weight is 404 g/mol. The zero-order valence-electron chi connectivity index (χ0n) is 16.2. The van der Waals surface area contributed by atoms with Gasteiger partial charge in [-0.25, -0.2) is 0 Å². The summed E-state index contributed by atoms with van der Waals surface area (Å²) in [6, 6.07) is 16.6. The van der Waals surface area contributed by atoms with E-state index in [1.807, 2.05) is 35.2 Å². The lowest BCUT2D eigenvalue weighted by molar-refractivity contribution is -0.122. The van der Waals surface area contributed by atoms with Gasteiger partial charge in [-0.15, -0.1) is 0 Å². The van der Waals surface area contributed by atoms with Crippen molar-refractivity contribution >= 4 is 11.6 Å². The smallest absolute Gasteiger partial charge is 0.387 e. The Kier molecular flexibility index (Phi) is 7.81. The van der Waals surface area contributed by atoms with E-state index in [1.165, 1.54) is 6.07 Å². The van der Waals surface area contributed by atoms with Gasteiger partial charge in [0.1, 0.15) is 5.75 Å². The number of anilines is 1. The van der Waals surface area contributed by atoms with Crippen LogP contribution in [-0.4, -0.2) is 38.3 Å². The zero-order chi connectivity index (χ0) is 20.5.